The summed E-state index contributed by atoms with van der Waals surface area (Å²) in [6.07, 6.45) is 1.15. The smallest absolute Gasteiger partial charge is 0.305 e. The lowest BCUT2D eigenvalue weighted by molar-refractivity contribution is -0.283. The van der Waals surface area contributed by atoms with Gasteiger partial charge >= 0.3 is 5.97 Å². The number of hydrogen-bond acceptors (Lipinski definition) is 4. The van der Waals surface area contributed by atoms with Crippen LogP contribution in [-0.4, -0.2) is 32.1 Å². The second-order valence-electron chi connectivity index (χ2n) is 4.86. The van der Waals surface area contributed by atoms with Crippen molar-refractivity contribution in [1.82, 2.24) is 0 Å². The molecule has 0 bridgehead atoms. The van der Waals surface area contributed by atoms with Crippen molar-refractivity contribution < 1.29 is 19.0 Å². The molecule has 0 aromatic rings. The minimum absolute atomic E-state index is 0.0797. The molecule has 0 spiro atoms. The third-order valence-corrected chi connectivity index (χ3v) is 2.70. The van der Waals surface area contributed by atoms with Crippen LogP contribution < -0.4 is 0 Å². The molecule has 0 atom stereocenters. The number of rotatable bonds is 3. The zero-order valence-corrected chi connectivity index (χ0v) is 9.96. The van der Waals surface area contributed by atoms with Crippen LogP contribution in [0.15, 0.2) is 0 Å². The van der Waals surface area contributed by atoms with Gasteiger partial charge in [0.05, 0.1) is 20.3 Å². The van der Waals surface area contributed by atoms with Crippen molar-refractivity contribution in [2.24, 2.45) is 5.41 Å². The highest BCUT2D eigenvalue weighted by atomic mass is 16.7. The van der Waals surface area contributed by atoms with E-state index in [9.17, 15) is 4.79 Å². The van der Waals surface area contributed by atoms with E-state index in [1.165, 1.54) is 7.11 Å². The Hall–Kier alpha value is -0.610. The number of carbonyl (C=O) groups excluding carboxylic acids is 1. The summed E-state index contributed by atoms with van der Waals surface area (Å²) in [5.41, 5.74) is -0.0797. The second kappa shape index (κ2) is 4.49. The van der Waals surface area contributed by atoms with Gasteiger partial charge in [-0.1, -0.05) is 6.92 Å². The second-order valence-corrected chi connectivity index (χ2v) is 4.86. The first kappa shape index (κ1) is 12.5. The average Bonchev–Trinajstić information content (AvgIpc) is 2.20. The van der Waals surface area contributed by atoms with E-state index >= 15 is 0 Å². The van der Waals surface area contributed by atoms with Crippen LogP contribution in [0.3, 0.4) is 0 Å². The van der Waals surface area contributed by atoms with E-state index in [1.54, 1.807) is 0 Å². The highest BCUT2D eigenvalue weighted by Crippen LogP contribution is 2.33. The van der Waals surface area contributed by atoms with Gasteiger partial charge in [0.15, 0.2) is 5.79 Å². The largest absolute Gasteiger partial charge is 0.469 e. The van der Waals surface area contributed by atoms with E-state index in [0.717, 1.165) is 6.42 Å². The highest BCUT2D eigenvalue weighted by molar-refractivity contribution is 5.69. The first-order valence-corrected chi connectivity index (χ1v) is 5.22. The molecule has 0 aliphatic carbocycles. The summed E-state index contributed by atoms with van der Waals surface area (Å²) in [6.45, 7) is 7.10. The maximum atomic E-state index is 11.0. The quantitative estimate of drug-likeness (QED) is 0.674. The highest BCUT2D eigenvalue weighted by Gasteiger charge is 2.36. The maximum absolute atomic E-state index is 11.0. The van der Waals surface area contributed by atoms with Gasteiger partial charge in [0.1, 0.15) is 0 Å². The van der Waals surface area contributed by atoms with E-state index in [-0.39, 0.29) is 11.4 Å². The normalized spacial score (nSPS) is 23.5. The first-order valence-electron chi connectivity index (χ1n) is 5.22. The van der Waals surface area contributed by atoms with E-state index in [2.05, 4.69) is 11.7 Å². The lowest BCUT2D eigenvalue weighted by Crippen LogP contribution is -2.45. The molecule has 0 amide bonds. The Morgan fingerprint density at radius 3 is 2.27 bits per heavy atom. The van der Waals surface area contributed by atoms with Gasteiger partial charge in [0.2, 0.25) is 0 Å². The molecule has 0 aromatic heterocycles. The van der Waals surface area contributed by atoms with Crippen molar-refractivity contribution >= 4 is 5.97 Å². The summed E-state index contributed by atoms with van der Waals surface area (Å²) in [4.78, 5) is 11.0. The van der Waals surface area contributed by atoms with Crippen LogP contribution in [0.4, 0.5) is 0 Å². The Kier molecular flexibility index (Phi) is 3.73. The molecule has 0 radical (unpaired) electrons. The molecule has 4 nitrogen and oxygen atoms in total. The third-order valence-electron chi connectivity index (χ3n) is 2.70. The monoisotopic (exact) mass is 216 g/mol. The number of esters is 1. The molecule has 1 fully saturated rings. The standard InChI is InChI=1S/C11H20O4/c1-10(2)14-7-11(3,8-15-10)6-5-9(12)13-4/h5-8H2,1-4H3. The molecule has 4 heteroatoms. The van der Waals surface area contributed by atoms with E-state index in [1.807, 2.05) is 13.8 Å². The number of carbonyl (C=O) groups is 1. The predicted octanol–water partition coefficient (Wildman–Crippen LogP) is 1.73. The molecule has 1 rings (SSSR count). The van der Waals surface area contributed by atoms with Gasteiger partial charge in [-0.3, -0.25) is 4.79 Å². The Bertz CT molecular complexity index is 225. The van der Waals surface area contributed by atoms with Crippen LogP contribution in [0, 0.1) is 5.41 Å². The number of methoxy groups -OCH3 is 1. The summed E-state index contributed by atoms with van der Waals surface area (Å²) in [7, 11) is 1.40. The van der Waals surface area contributed by atoms with E-state index in [0.29, 0.717) is 19.6 Å². The van der Waals surface area contributed by atoms with Crippen molar-refractivity contribution in [3.8, 4) is 0 Å². The van der Waals surface area contributed by atoms with Crippen LogP contribution in [0.5, 0.6) is 0 Å². The van der Waals surface area contributed by atoms with Crippen LogP contribution in [0.2, 0.25) is 0 Å². The lowest BCUT2D eigenvalue weighted by atomic mass is 9.86. The molecule has 0 unspecified atom stereocenters. The van der Waals surface area contributed by atoms with Crippen molar-refractivity contribution in [3.63, 3.8) is 0 Å². The summed E-state index contributed by atoms with van der Waals surface area (Å²) in [6, 6.07) is 0. The van der Waals surface area contributed by atoms with Gasteiger partial charge in [-0.15, -0.1) is 0 Å². The van der Waals surface area contributed by atoms with Gasteiger partial charge < -0.3 is 14.2 Å². The molecule has 88 valence electrons. The minimum Gasteiger partial charge on any atom is -0.469 e. The molecule has 0 N–H and O–H groups in total. The fourth-order valence-electron chi connectivity index (χ4n) is 1.43. The van der Waals surface area contributed by atoms with Gasteiger partial charge in [0, 0.05) is 11.8 Å². The average molecular weight is 216 g/mol. The molecule has 1 aliphatic rings. The predicted molar refractivity (Wildman–Crippen MR) is 55.3 cm³/mol. The molecule has 1 aliphatic heterocycles. The van der Waals surface area contributed by atoms with Gasteiger partial charge in [-0.2, -0.15) is 0 Å². The Balaban J connectivity index is 2.38. The zero-order valence-electron chi connectivity index (χ0n) is 9.96. The van der Waals surface area contributed by atoms with E-state index < -0.39 is 5.79 Å². The molecule has 0 saturated carbocycles. The van der Waals surface area contributed by atoms with Crippen molar-refractivity contribution in [3.05, 3.63) is 0 Å². The van der Waals surface area contributed by atoms with Gasteiger partial charge in [-0.25, -0.2) is 0 Å². The summed E-state index contributed by atoms with van der Waals surface area (Å²) in [5, 5.41) is 0. The van der Waals surface area contributed by atoms with Crippen LogP contribution in [-0.2, 0) is 19.0 Å². The molecule has 1 saturated heterocycles. The fourth-order valence-corrected chi connectivity index (χ4v) is 1.43. The van der Waals surface area contributed by atoms with Crippen molar-refractivity contribution in [1.29, 1.82) is 0 Å². The first-order chi connectivity index (χ1) is 6.87. The lowest BCUT2D eigenvalue weighted by Gasteiger charge is -2.41. The molecular weight excluding hydrogens is 196 g/mol. The van der Waals surface area contributed by atoms with Gasteiger partial charge in [-0.05, 0) is 20.3 Å². The Morgan fingerprint density at radius 2 is 1.80 bits per heavy atom. The van der Waals surface area contributed by atoms with Gasteiger partial charge in [0.25, 0.3) is 0 Å². The Labute approximate surface area is 90.9 Å². The maximum Gasteiger partial charge on any atom is 0.305 e. The van der Waals surface area contributed by atoms with E-state index in [4.69, 9.17) is 9.47 Å². The minimum atomic E-state index is -0.495. The Morgan fingerprint density at radius 1 is 1.27 bits per heavy atom. The summed E-state index contributed by atoms with van der Waals surface area (Å²) in [5.74, 6) is -0.675. The number of ether oxygens (including phenoxy) is 3. The molecule has 15 heavy (non-hydrogen) atoms. The molecule has 0 aromatic carbocycles. The number of hydrogen-bond donors (Lipinski definition) is 0. The zero-order chi connectivity index (χ0) is 11.5. The summed E-state index contributed by atoms with van der Waals surface area (Å²) < 4.78 is 15.8. The van der Waals surface area contributed by atoms with Crippen LogP contribution in [0.25, 0.3) is 0 Å². The SMILES string of the molecule is COC(=O)CCC1(C)COC(C)(C)OC1. The topological polar surface area (TPSA) is 44.8 Å². The summed E-state index contributed by atoms with van der Waals surface area (Å²) >= 11 is 0. The molecule has 1 heterocycles. The fraction of sp³-hybridized carbons (Fsp3) is 0.909. The van der Waals surface area contributed by atoms with Crippen molar-refractivity contribution in [2.45, 2.75) is 39.4 Å². The molecular formula is C11H20O4. The van der Waals surface area contributed by atoms with Crippen LogP contribution >= 0.6 is 0 Å². The third kappa shape index (κ3) is 3.80. The van der Waals surface area contributed by atoms with Crippen molar-refractivity contribution in [2.75, 3.05) is 20.3 Å². The van der Waals surface area contributed by atoms with Crippen LogP contribution in [0.1, 0.15) is 33.6 Å².